The van der Waals surface area contributed by atoms with Gasteiger partial charge in [0, 0.05) is 13.2 Å². The Hall–Kier alpha value is -0.650. The van der Waals surface area contributed by atoms with Crippen LogP contribution in [0.5, 0.6) is 0 Å². The molecule has 0 saturated heterocycles. The zero-order valence-corrected chi connectivity index (χ0v) is 7.73. The minimum atomic E-state index is -1.09. The van der Waals surface area contributed by atoms with Crippen LogP contribution in [0.2, 0.25) is 0 Å². The molecule has 0 aromatic heterocycles. The Bertz CT molecular complexity index is 134. The number of ether oxygens (including phenoxy) is 2. The predicted octanol–water partition coefficient (Wildman–Crippen LogP) is -0.691. The third-order valence-electron chi connectivity index (χ3n) is 1.26. The van der Waals surface area contributed by atoms with Crippen LogP contribution < -0.4 is 0 Å². The van der Waals surface area contributed by atoms with Gasteiger partial charge in [-0.05, 0) is 13.3 Å². The van der Waals surface area contributed by atoms with Crippen molar-refractivity contribution in [1.29, 1.82) is 0 Å². The third-order valence-corrected chi connectivity index (χ3v) is 1.26. The maximum absolute atomic E-state index is 10.7. The lowest BCUT2D eigenvalue weighted by Crippen LogP contribution is -2.21. The topological polar surface area (TPSA) is 76.0 Å². The molecule has 0 spiro atoms. The first kappa shape index (κ1) is 12.3. The molecule has 13 heavy (non-hydrogen) atoms. The van der Waals surface area contributed by atoms with E-state index in [1.165, 1.54) is 6.92 Å². The molecular formula is C8H16O5. The van der Waals surface area contributed by atoms with Gasteiger partial charge < -0.3 is 19.7 Å². The van der Waals surface area contributed by atoms with E-state index in [2.05, 4.69) is 4.74 Å². The first-order valence-corrected chi connectivity index (χ1v) is 4.21. The number of carbonyl (C=O) groups is 1. The number of carbonyl (C=O) groups excluding carboxylic acids is 1. The summed E-state index contributed by atoms with van der Waals surface area (Å²) in [5, 5.41) is 17.1. The quantitative estimate of drug-likeness (QED) is 0.412. The van der Waals surface area contributed by atoms with Gasteiger partial charge in [0.05, 0.1) is 6.61 Å². The van der Waals surface area contributed by atoms with Crippen molar-refractivity contribution in [2.75, 3.05) is 26.4 Å². The molecule has 0 radical (unpaired) electrons. The third kappa shape index (κ3) is 7.70. The van der Waals surface area contributed by atoms with Crippen molar-refractivity contribution in [3.05, 3.63) is 0 Å². The van der Waals surface area contributed by atoms with E-state index >= 15 is 0 Å². The largest absolute Gasteiger partial charge is 0.461 e. The van der Waals surface area contributed by atoms with E-state index in [-0.39, 0.29) is 13.2 Å². The second-order valence-electron chi connectivity index (χ2n) is 2.53. The van der Waals surface area contributed by atoms with Gasteiger partial charge in [0.1, 0.15) is 12.7 Å². The van der Waals surface area contributed by atoms with E-state index in [4.69, 9.17) is 14.9 Å². The highest BCUT2D eigenvalue weighted by Gasteiger charge is 2.08. The minimum absolute atomic E-state index is 0.0907. The Labute approximate surface area is 77.3 Å². The van der Waals surface area contributed by atoms with E-state index in [0.29, 0.717) is 19.6 Å². The maximum atomic E-state index is 10.7. The smallest absolute Gasteiger partial charge is 0.334 e. The molecule has 0 aromatic carbocycles. The van der Waals surface area contributed by atoms with E-state index in [1.807, 2.05) is 0 Å². The molecule has 5 nitrogen and oxygen atoms in total. The van der Waals surface area contributed by atoms with Crippen LogP contribution in [0.25, 0.3) is 0 Å². The van der Waals surface area contributed by atoms with Crippen molar-refractivity contribution in [3.63, 3.8) is 0 Å². The molecule has 0 saturated carbocycles. The van der Waals surface area contributed by atoms with Gasteiger partial charge in [-0.1, -0.05) is 0 Å². The van der Waals surface area contributed by atoms with Crippen LogP contribution >= 0.6 is 0 Å². The molecular weight excluding hydrogens is 176 g/mol. The number of hydrogen-bond donors (Lipinski definition) is 2. The second-order valence-corrected chi connectivity index (χ2v) is 2.53. The minimum Gasteiger partial charge on any atom is -0.461 e. The SMILES string of the molecule is CC(O)C(=O)OCCOCCCO. The van der Waals surface area contributed by atoms with Gasteiger partial charge in [-0.25, -0.2) is 4.79 Å². The summed E-state index contributed by atoms with van der Waals surface area (Å²) in [6.07, 6.45) is -0.512. The molecule has 1 atom stereocenters. The highest BCUT2D eigenvalue weighted by molar-refractivity contribution is 5.73. The van der Waals surface area contributed by atoms with Gasteiger partial charge in [-0.2, -0.15) is 0 Å². The molecule has 0 aliphatic heterocycles. The summed E-state index contributed by atoms with van der Waals surface area (Å²) in [6, 6.07) is 0. The number of rotatable bonds is 7. The molecule has 0 rings (SSSR count). The van der Waals surface area contributed by atoms with Crippen LogP contribution in [0.3, 0.4) is 0 Å². The van der Waals surface area contributed by atoms with Gasteiger partial charge >= 0.3 is 5.97 Å². The predicted molar refractivity (Wildman–Crippen MR) is 45.2 cm³/mol. The van der Waals surface area contributed by atoms with Crippen molar-refractivity contribution in [2.45, 2.75) is 19.4 Å². The fourth-order valence-electron chi connectivity index (χ4n) is 0.590. The summed E-state index contributed by atoms with van der Waals surface area (Å²) < 4.78 is 9.59. The molecule has 0 aliphatic rings. The molecule has 0 bridgehead atoms. The van der Waals surface area contributed by atoms with Crippen molar-refractivity contribution in [2.24, 2.45) is 0 Å². The Morgan fingerprint density at radius 1 is 1.38 bits per heavy atom. The van der Waals surface area contributed by atoms with Crippen LogP contribution in [-0.4, -0.2) is 48.7 Å². The Kier molecular flexibility index (Phi) is 7.57. The zero-order valence-electron chi connectivity index (χ0n) is 7.73. The fraction of sp³-hybridized carbons (Fsp3) is 0.875. The van der Waals surface area contributed by atoms with Gasteiger partial charge in [-0.15, -0.1) is 0 Å². The molecule has 0 aromatic rings. The van der Waals surface area contributed by atoms with Crippen LogP contribution in [0.4, 0.5) is 0 Å². The van der Waals surface area contributed by atoms with E-state index in [9.17, 15) is 4.79 Å². The molecule has 1 unspecified atom stereocenters. The maximum Gasteiger partial charge on any atom is 0.334 e. The van der Waals surface area contributed by atoms with Crippen molar-refractivity contribution in [3.8, 4) is 0 Å². The molecule has 0 heterocycles. The second kappa shape index (κ2) is 7.97. The number of aliphatic hydroxyl groups is 2. The molecule has 0 amide bonds. The Morgan fingerprint density at radius 3 is 2.62 bits per heavy atom. The first-order valence-electron chi connectivity index (χ1n) is 4.21. The molecule has 78 valence electrons. The van der Waals surface area contributed by atoms with Crippen LogP contribution in [0.1, 0.15) is 13.3 Å². The summed E-state index contributed by atoms with van der Waals surface area (Å²) in [6.45, 7) is 2.30. The molecule has 5 heteroatoms. The normalized spacial score (nSPS) is 12.5. The summed E-state index contributed by atoms with van der Waals surface area (Å²) in [4.78, 5) is 10.7. The first-order chi connectivity index (χ1) is 6.18. The monoisotopic (exact) mass is 192 g/mol. The van der Waals surface area contributed by atoms with E-state index < -0.39 is 12.1 Å². The van der Waals surface area contributed by atoms with Gasteiger partial charge in [0.2, 0.25) is 0 Å². The van der Waals surface area contributed by atoms with Gasteiger partial charge in [-0.3, -0.25) is 0 Å². The van der Waals surface area contributed by atoms with Crippen molar-refractivity contribution < 1.29 is 24.5 Å². The van der Waals surface area contributed by atoms with E-state index in [1.54, 1.807) is 0 Å². The lowest BCUT2D eigenvalue weighted by Gasteiger charge is -2.06. The molecule has 0 fully saturated rings. The number of esters is 1. The Morgan fingerprint density at radius 2 is 2.08 bits per heavy atom. The average Bonchev–Trinajstić information content (AvgIpc) is 2.10. The lowest BCUT2D eigenvalue weighted by molar-refractivity contribution is -0.154. The summed E-state index contributed by atoms with van der Waals surface area (Å²) in [5.41, 5.74) is 0. The average molecular weight is 192 g/mol. The standard InChI is InChI=1S/C8H16O5/c1-7(10)8(11)13-6-5-12-4-2-3-9/h7,9-10H,2-6H2,1H3. The van der Waals surface area contributed by atoms with Gasteiger partial charge in [0.15, 0.2) is 0 Å². The summed E-state index contributed by atoms with van der Waals surface area (Å²) in [7, 11) is 0. The van der Waals surface area contributed by atoms with Gasteiger partial charge in [0.25, 0.3) is 0 Å². The molecule has 2 N–H and O–H groups in total. The number of hydrogen-bond acceptors (Lipinski definition) is 5. The lowest BCUT2D eigenvalue weighted by atomic mass is 10.4. The van der Waals surface area contributed by atoms with Crippen LogP contribution in [-0.2, 0) is 14.3 Å². The number of aliphatic hydroxyl groups excluding tert-OH is 2. The van der Waals surface area contributed by atoms with E-state index in [0.717, 1.165) is 0 Å². The zero-order chi connectivity index (χ0) is 10.1. The molecule has 0 aliphatic carbocycles. The van der Waals surface area contributed by atoms with Crippen LogP contribution in [0.15, 0.2) is 0 Å². The van der Waals surface area contributed by atoms with Crippen LogP contribution in [0, 0.1) is 0 Å². The summed E-state index contributed by atoms with van der Waals surface area (Å²) >= 11 is 0. The fourth-order valence-corrected chi connectivity index (χ4v) is 0.590. The van der Waals surface area contributed by atoms with Crippen molar-refractivity contribution >= 4 is 5.97 Å². The Balaban J connectivity index is 3.12. The summed E-state index contributed by atoms with van der Waals surface area (Å²) in [5.74, 6) is -0.647. The highest BCUT2D eigenvalue weighted by Crippen LogP contribution is 1.87. The van der Waals surface area contributed by atoms with Crippen molar-refractivity contribution in [1.82, 2.24) is 0 Å². The highest BCUT2D eigenvalue weighted by atomic mass is 16.6.